The van der Waals surface area contributed by atoms with Gasteiger partial charge in [-0.3, -0.25) is 4.79 Å². The van der Waals surface area contributed by atoms with E-state index in [0.29, 0.717) is 12.5 Å². The zero-order valence-corrected chi connectivity index (χ0v) is 13.8. The lowest BCUT2D eigenvalue weighted by atomic mass is 9.74. The van der Waals surface area contributed by atoms with Crippen molar-refractivity contribution in [1.29, 1.82) is 0 Å². The predicted octanol–water partition coefficient (Wildman–Crippen LogP) is 3.16. The number of para-hydroxylation sites is 3. The van der Waals surface area contributed by atoms with Gasteiger partial charge in [0.15, 0.2) is 0 Å². The molecule has 0 atom stereocenters. The van der Waals surface area contributed by atoms with Crippen LogP contribution in [0.4, 0.5) is 17.1 Å². The Morgan fingerprint density at radius 1 is 0.958 bits per heavy atom. The number of fused-ring (bicyclic) bond motifs is 1. The third kappa shape index (κ3) is 2.57. The fourth-order valence-corrected chi connectivity index (χ4v) is 3.82. The van der Waals surface area contributed by atoms with E-state index in [2.05, 4.69) is 41.3 Å². The third-order valence-electron chi connectivity index (χ3n) is 5.26. The average molecular weight is 321 g/mol. The molecule has 4 heteroatoms. The van der Waals surface area contributed by atoms with E-state index in [1.54, 1.807) is 0 Å². The zero-order valence-electron chi connectivity index (χ0n) is 13.8. The molecule has 2 aliphatic rings. The monoisotopic (exact) mass is 321 g/mol. The molecule has 4 rings (SSSR count). The van der Waals surface area contributed by atoms with Crippen molar-refractivity contribution < 1.29 is 4.79 Å². The number of nitrogens with zero attached hydrogens (tertiary/aromatic N) is 2. The Kier molecular flexibility index (Phi) is 3.98. The van der Waals surface area contributed by atoms with Gasteiger partial charge in [0.05, 0.1) is 11.4 Å². The minimum atomic E-state index is 0.148. The normalized spacial score (nSPS) is 22.7. The molecule has 124 valence electrons. The SMILES string of the molecule is NCC1CC(C(=O)N2CCN(c3ccccc3)c3ccccc32)C1. The predicted molar refractivity (Wildman–Crippen MR) is 97.5 cm³/mol. The molecule has 0 bridgehead atoms. The first-order chi connectivity index (χ1) is 11.8. The Hall–Kier alpha value is -2.33. The molecule has 2 aromatic carbocycles. The first-order valence-corrected chi connectivity index (χ1v) is 8.71. The molecule has 4 nitrogen and oxygen atoms in total. The standard InChI is InChI=1S/C20H23N3O/c21-14-15-12-16(13-15)20(24)23-11-10-22(17-6-2-1-3-7-17)18-8-4-5-9-19(18)23/h1-9,15-16H,10-14,21H2. The van der Waals surface area contributed by atoms with Gasteiger partial charge in [-0.2, -0.15) is 0 Å². The average Bonchev–Trinajstić information content (AvgIpc) is 2.60. The topological polar surface area (TPSA) is 49.6 Å². The number of anilines is 3. The highest BCUT2D eigenvalue weighted by molar-refractivity contribution is 6.00. The van der Waals surface area contributed by atoms with Crippen LogP contribution in [0.3, 0.4) is 0 Å². The second-order valence-electron chi connectivity index (χ2n) is 6.74. The van der Waals surface area contributed by atoms with Gasteiger partial charge in [0.25, 0.3) is 0 Å². The molecule has 0 saturated heterocycles. The maximum Gasteiger partial charge on any atom is 0.230 e. The first kappa shape index (κ1) is 15.2. The van der Waals surface area contributed by atoms with Crippen molar-refractivity contribution in [2.75, 3.05) is 29.4 Å². The number of amides is 1. The molecule has 1 aliphatic carbocycles. The first-order valence-electron chi connectivity index (χ1n) is 8.71. The molecule has 2 aromatic rings. The fraction of sp³-hybridized carbons (Fsp3) is 0.350. The van der Waals surface area contributed by atoms with Gasteiger partial charge in [-0.1, -0.05) is 30.3 Å². The molecule has 2 N–H and O–H groups in total. The van der Waals surface area contributed by atoms with Crippen molar-refractivity contribution in [2.45, 2.75) is 12.8 Å². The molecule has 24 heavy (non-hydrogen) atoms. The summed E-state index contributed by atoms with van der Waals surface area (Å²) >= 11 is 0. The summed E-state index contributed by atoms with van der Waals surface area (Å²) in [5.41, 5.74) is 9.00. The smallest absolute Gasteiger partial charge is 0.230 e. The van der Waals surface area contributed by atoms with Gasteiger partial charge in [0.2, 0.25) is 5.91 Å². The van der Waals surface area contributed by atoms with Gasteiger partial charge in [-0.25, -0.2) is 0 Å². The number of benzene rings is 2. The minimum Gasteiger partial charge on any atom is -0.338 e. The molecule has 1 fully saturated rings. The maximum atomic E-state index is 12.9. The zero-order chi connectivity index (χ0) is 16.5. The molecular weight excluding hydrogens is 298 g/mol. The van der Waals surface area contributed by atoms with Gasteiger partial charge in [-0.05, 0) is 49.6 Å². The van der Waals surface area contributed by atoms with Gasteiger partial charge in [0, 0.05) is 24.7 Å². The Bertz CT molecular complexity index is 725. The largest absolute Gasteiger partial charge is 0.338 e. The Labute approximate surface area is 142 Å². The van der Waals surface area contributed by atoms with Crippen molar-refractivity contribution in [2.24, 2.45) is 17.6 Å². The van der Waals surface area contributed by atoms with Crippen LogP contribution >= 0.6 is 0 Å². The molecular formula is C20H23N3O. The molecule has 0 radical (unpaired) electrons. The number of carbonyl (C=O) groups is 1. The summed E-state index contributed by atoms with van der Waals surface area (Å²) in [6, 6.07) is 18.6. The lowest BCUT2D eigenvalue weighted by molar-refractivity contribution is -0.126. The van der Waals surface area contributed by atoms with Crippen molar-refractivity contribution in [3.05, 3.63) is 54.6 Å². The van der Waals surface area contributed by atoms with Crippen LogP contribution in [0.5, 0.6) is 0 Å². The van der Waals surface area contributed by atoms with Crippen molar-refractivity contribution >= 4 is 23.0 Å². The van der Waals surface area contributed by atoms with E-state index in [-0.39, 0.29) is 11.8 Å². The van der Waals surface area contributed by atoms with E-state index in [1.807, 2.05) is 23.1 Å². The fourth-order valence-electron chi connectivity index (χ4n) is 3.82. The van der Waals surface area contributed by atoms with E-state index in [0.717, 1.165) is 37.3 Å². The number of carbonyl (C=O) groups excluding carboxylic acids is 1. The number of nitrogens with two attached hydrogens (primary N) is 1. The van der Waals surface area contributed by atoms with Gasteiger partial charge in [-0.15, -0.1) is 0 Å². The summed E-state index contributed by atoms with van der Waals surface area (Å²) in [6.07, 6.45) is 1.88. The van der Waals surface area contributed by atoms with Crippen LogP contribution in [-0.2, 0) is 4.79 Å². The lowest BCUT2D eigenvalue weighted by Gasteiger charge is -2.42. The summed E-state index contributed by atoms with van der Waals surface area (Å²) in [7, 11) is 0. The molecule has 1 aliphatic heterocycles. The molecule has 0 spiro atoms. The van der Waals surface area contributed by atoms with E-state index < -0.39 is 0 Å². The van der Waals surface area contributed by atoms with Crippen molar-refractivity contribution in [1.82, 2.24) is 0 Å². The summed E-state index contributed by atoms with van der Waals surface area (Å²) in [4.78, 5) is 17.2. The minimum absolute atomic E-state index is 0.148. The number of rotatable bonds is 3. The van der Waals surface area contributed by atoms with Crippen molar-refractivity contribution in [3.63, 3.8) is 0 Å². The summed E-state index contributed by atoms with van der Waals surface area (Å²) < 4.78 is 0. The highest BCUT2D eigenvalue weighted by atomic mass is 16.2. The van der Waals surface area contributed by atoms with E-state index in [1.165, 1.54) is 5.69 Å². The van der Waals surface area contributed by atoms with Crippen LogP contribution in [0.1, 0.15) is 12.8 Å². The summed E-state index contributed by atoms with van der Waals surface area (Å²) in [5, 5.41) is 0. The van der Waals surface area contributed by atoms with Gasteiger partial charge in [0.1, 0.15) is 0 Å². The Balaban J connectivity index is 1.61. The van der Waals surface area contributed by atoms with E-state index in [9.17, 15) is 4.79 Å². The summed E-state index contributed by atoms with van der Waals surface area (Å²) in [6.45, 7) is 2.25. The van der Waals surface area contributed by atoms with E-state index >= 15 is 0 Å². The second kappa shape index (κ2) is 6.29. The highest BCUT2D eigenvalue weighted by Gasteiger charge is 2.38. The van der Waals surface area contributed by atoms with Gasteiger partial charge >= 0.3 is 0 Å². The molecule has 1 saturated carbocycles. The molecule has 1 amide bonds. The Morgan fingerprint density at radius 2 is 1.62 bits per heavy atom. The Morgan fingerprint density at radius 3 is 2.33 bits per heavy atom. The van der Waals surface area contributed by atoms with Crippen LogP contribution < -0.4 is 15.5 Å². The van der Waals surface area contributed by atoms with Gasteiger partial charge < -0.3 is 15.5 Å². The van der Waals surface area contributed by atoms with E-state index in [4.69, 9.17) is 5.73 Å². The quantitative estimate of drug-likeness (QED) is 0.945. The second-order valence-corrected chi connectivity index (χ2v) is 6.74. The lowest BCUT2D eigenvalue weighted by Crippen LogP contribution is -2.48. The molecule has 1 heterocycles. The van der Waals surface area contributed by atoms with Crippen molar-refractivity contribution in [3.8, 4) is 0 Å². The number of hydrogen-bond acceptors (Lipinski definition) is 3. The molecule has 0 aromatic heterocycles. The van der Waals surface area contributed by atoms with Crippen LogP contribution in [0, 0.1) is 11.8 Å². The van der Waals surface area contributed by atoms with Crippen LogP contribution in [0.15, 0.2) is 54.6 Å². The molecule has 0 unspecified atom stereocenters. The van der Waals surface area contributed by atoms with Crippen LogP contribution in [0.2, 0.25) is 0 Å². The third-order valence-corrected chi connectivity index (χ3v) is 5.26. The van der Waals surface area contributed by atoms with Crippen LogP contribution in [0.25, 0.3) is 0 Å². The highest BCUT2D eigenvalue weighted by Crippen LogP contribution is 2.41. The number of hydrogen-bond donors (Lipinski definition) is 1. The maximum absolute atomic E-state index is 12.9. The van der Waals surface area contributed by atoms with Crippen LogP contribution in [-0.4, -0.2) is 25.5 Å². The summed E-state index contributed by atoms with van der Waals surface area (Å²) in [5.74, 6) is 0.939.